The van der Waals surface area contributed by atoms with Crippen molar-refractivity contribution in [2.45, 2.75) is 0 Å². The van der Waals surface area contributed by atoms with E-state index in [1.165, 1.54) is 37.2 Å². The molecular weight excluding hydrogens is 430 g/mol. The fourth-order valence-corrected chi connectivity index (χ4v) is 1.71. The van der Waals surface area contributed by atoms with Crippen LogP contribution in [0.3, 0.4) is 0 Å². The second kappa shape index (κ2) is 15.8. The highest BCUT2D eigenvalue weighted by Gasteiger charge is 1.99. The maximum atomic E-state index is 10.3. The minimum absolute atomic E-state index is 0.0532. The molecule has 0 fully saturated rings. The Balaban J connectivity index is 0.000000222. The Morgan fingerprint density at radius 1 is 0.545 bits per heavy atom. The number of amides is 3. The zero-order chi connectivity index (χ0) is 24.3. The third-order valence-corrected chi connectivity index (χ3v) is 3.09. The van der Waals surface area contributed by atoms with E-state index in [0.29, 0.717) is 0 Å². The molecule has 172 valence electrons. The van der Waals surface area contributed by atoms with E-state index in [2.05, 4.69) is 40.5 Å². The lowest BCUT2D eigenvalue weighted by atomic mass is 10.5. The third-order valence-electron chi connectivity index (χ3n) is 3.09. The number of hydrogen-bond acceptors (Lipinski definition) is 11. The maximum Gasteiger partial charge on any atom is 0.286 e. The Morgan fingerprint density at radius 3 is 0.909 bits per heavy atom. The first kappa shape index (κ1) is 26.0. The average molecular weight is 453 g/mol. The van der Waals surface area contributed by atoms with Gasteiger partial charge in [-0.2, -0.15) is 0 Å². The third kappa shape index (κ3) is 12.3. The summed E-state index contributed by atoms with van der Waals surface area (Å²) >= 11 is 0. The lowest BCUT2D eigenvalue weighted by molar-refractivity contribution is 0.0982. The van der Waals surface area contributed by atoms with E-state index in [1.54, 1.807) is 18.2 Å². The molecule has 0 unspecified atom stereocenters. The van der Waals surface area contributed by atoms with Crippen LogP contribution < -0.4 is 27.8 Å². The van der Waals surface area contributed by atoms with Crippen LogP contribution >= 0.6 is 0 Å². The number of carbonyl (C=O) groups excluding carboxylic acids is 3. The van der Waals surface area contributed by atoms with Crippen molar-refractivity contribution in [2.24, 2.45) is 17.2 Å². The number of nitrogens with two attached hydrogens (primary N) is 3. The molecule has 3 aromatic rings. The molecule has 1 aliphatic rings. The second-order valence-corrected chi connectivity index (χ2v) is 5.55. The van der Waals surface area contributed by atoms with E-state index in [-0.39, 0.29) is 17.5 Å². The normalized spacial score (nSPS) is 10.7. The minimum Gasteiger partial charge on any atom is -0.388 e. The van der Waals surface area contributed by atoms with Crippen molar-refractivity contribution in [1.29, 1.82) is 0 Å². The van der Waals surface area contributed by atoms with Crippen LogP contribution in [0.4, 0.5) is 0 Å². The van der Waals surface area contributed by atoms with Gasteiger partial charge in [0, 0.05) is 62.7 Å². The van der Waals surface area contributed by atoms with Crippen molar-refractivity contribution in [2.75, 3.05) is 13.1 Å². The van der Waals surface area contributed by atoms with Gasteiger partial charge >= 0.3 is 0 Å². The summed E-state index contributed by atoms with van der Waals surface area (Å²) in [6.45, 7) is 2.10. The Bertz CT molecular complexity index is 878. The van der Waals surface area contributed by atoms with Gasteiger partial charge in [0.25, 0.3) is 17.7 Å². The largest absolute Gasteiger partial charge is 0.388 e. The molecule has 0 radical (unpaired) electrons. The van der Waals surface area contributed by atoms with Crippen molar-refractivity contribution >= 4 is 17.7 Å². The number of nitrogens with one attached hydrogen (secondary N) is 2. The highest BCUT2D eigenvalue weighted by atomic mass is 16.2. The molecular formula is C19H23N11O3. The molecule has 0 aromatic carbocycles. The van der Waals surface area contributed by atoms with Crippen LogP contribution in [0, 0.1) is 0 Å². The Hall–Kier alpha value is -5.01. The van der Waals surface area contributed by atoms with Crippen LogP contribution in [0.5, 0.6) is 0 Å². The van der Waals surface area contributed by atoms with Crippen LogP contribution in [0.2, 0.25) is 0 Å². The summed E-state index contributed by atoms with van der Waals surface area (Å²) in [5.74, 6) is -1.64. The zero-order valence-electron chi connectivity index (χ0n) is 17.4. The van der Waals surface area contributed by atoms with Gasteiger partial charge in [0.15, 0.2) is 0 Å². The molecule has 14 nitrogen and oxygen atoms in total. The van der Waals surface area contributed by atoms with Gasteiger partial charge in [-0.3, -0.25) is 14.4 Å². The minimum atomic E-state index is -0.601. The highest BCUT2D eigenvalue weighted by molar-refractivity contribution is 5.89. The first-order chi connectivity index (χ1) is 15.9. The summed E-state index contributed by atoms with van der Waals surface area (Å²) < 4.78 is 0. The molecule has 0 saturated carbocycles. The van der Waals surface area contributed by atoms with Crippen molar-refractivity contribution < 1.29 is 14.4 Å². The molecule has 0 saturated heterocycles. The molecule has 4 rings (SSSR count). The predicted molar refractivity (Wildman–Crippen MR) is 117 cm³/mol. The van der Waals surface area contributed by atoms with Gasteiger partial charge in [0.2, 0.25) is 17.5 Å². The van der Waals surface area contributed by atoms with E-state index in [4.69, 9.17) is 17.2 Å². The van der Waals surface area contributed by atoms with Crippen LogP contribution in [0.1, 0.15) is 31.9 Å². The van der Waals surface area contributed by atoms with E-state index in [1.807, 2.05) is 12.4 Å². The van der Waals surface area contributed by atoms with Crippen molar-refractivity contribution in [3.05, 3.63) is 85.3 Å². The summed E-state index contributed by atoms with van der Waals surface area (Å²) in [7, 11) is 0. The molecule has 0 aliphatic carbocycles. The van der Waals surface area contributed by atoms with Gasteiger partial charge in [0.1, 0.15) is 0 Å². The maximum absolute atomic E-state index is 10.3. The molecule has 0 atom stereocenters. The van der Waals surface area contributed by atoms with Gasteiger partial charge < -0.3 is 27.8 Å². The molecule has 3 aromatic heterocycles. The summed E-state index contributed by atoms with van der Waals surface area (Å²) in [4.78, 5) is 52.4. The number of rotatable bonds is 3. The van der Waals surface area contributed by atoms with Crippen LogP contribution in [0.15, 0.2) is 67.8 Å². The average Bonchev–Trinajstić information content (AvgIpc) is 2.88. The zero-order valence-corrected chi connectivity index (χ0v) is 17.4. The summed E-state index contributed by atoms with van der Waals surface area (Å²) in [5.41, 5.74) is 14.5. The second-order valence-electron chi connectivity index (χ2n) is 5.55. The molecule has 1 aliphatic heterocycles. The van der Waals surface area contributed by atoms with E-state index >= 15 is 0 Å². The van der Waals surface area contributed by atoms with Gasteiger partial charge in [0.05, 0.1) is 0 Å². The Labute approximate surface area is 188 Å². The standard InChI is InChI=1S/3C5H5N3O.C4H8N2/c3*6-4(9)5-7-2-1-3-8-5;1-2-6-4-3-5-1/h3*1-3H,(H2,6,9);1-2,5-6H,3-4H2. The van der Waals surface area contributed by atoms with Gasteiger partial charge in [-0.1, -0.05) is 0 Å². The van der Waals surface area contributed by atoms with E-state index in [9.17, 15) is 14.4 Å². The smallest absolute Gasteiger partial charge is 0.286 e. The molecule has 4 heterocycles. The molecule has 8 N–H and O–H groups in total. The lowest BCUT2D eigenvalue weighted by Gasteiger charge is -2.05. The summed E-state index contributed by atoms with van der Waals surface area (Å²) in [6.07, 6.45) is 12.6. The van der Waals surface area contributed by atoms with Crippen LogP contribution in [-0.2, 0) is 0 Å². The summed E-state index contributed by atoms with van der Waals surface area (Å²) in [6, 6.07) is 4.85. The Morgan fingerprint density at radius 2 is 0.788 bits per heavy atom. The number of carbonyl (C=O) groups is 3. The lowest BCUT2D eigenvalue weighted by Crippen LogP contribution is -2.25. The van der Waals surface area contributed by atoms with Gasteiger partial charge in [-0.25, -0.2) is 29.9 Å². The Kier molecular flexibility index (Phi) is 12.4. The fourth-order valence-electron chi connectivity index (χ4n) is 1.71. The first-order valence-electron chi connectivity index (χ1n) is 9.24. The number of aromatic nitrogens is 6. The quantitative estimate of drug-likeness (QED) is 0.302. The molecule has 0 spiro atoms. The van der Waals surface area contributed by atoms with E-state index in [0.717, 1.165) is 13.1 Å². The molecule has 33 heavy (non-hydrogen) atoms. The summed E-state index contributed by atoms with van der Waals surface area (Å²) in [5, 5.41) is 6.08. The van der Waals surface area contributed by atoms with Gasteiger partial charge in [-0.15, -0.1) is 0 Å². The van der Waals surface area contributed by atoms with Crippen LogP contribution in [0.25, 0.3) is 0 Å². The SMILES string of the molecule is C1=CNCCN1.NC(=O)c1ncccn1.NC(=O)c1ncccn1.NC(=O)c1ncccn1. The highest BCUT2D eigenvalue weighted by Crippen LogP contribution is 1.84. The molecule has 0 bridgehead atoms. The number of nitrogens with zero attached hydrogens (tertiary/aromatic N) is 6. The molecule has 3 amide bonds. The predicted octanol–water partition coefficient (Wildman–Crippen LogP) is -1.62. The topological polar surface area (TPSA) is 231 Å². The molecule has 14 heteroatoms. The monoisotopic (exact) mass is 453 g/mol. The number of hydrogen-bond donors (Lipinski definition) is 5. The number of primary amides is 3. The van der Waals surface area contributed by atoms with E-state index < -0.39 is 17.7 Å². The van der Waals surface area contributed by atoms with Crippen molar-refractivity contribution in [3.8, 4) is 0 Å². The van der Waals surface area contributed by atoms with Gasteiger partial charge in [-0.05, 0) is 18.2 Å². The fraction of sp³-hybridized carbons (Fsp3) is 0.105. The first-order valence-corrected chi connectivity index (χ1v) is 9.24. The van der Waals surface area contributed by atoms with Crippen LogP contribution in [-0.4, -0.2) is 60.7 Å². The van der Waals surface area contributed by atoms with Crippen molar-refractivity contribution in [1.82, 2.24) is 40.5 Å². The van der Waals surface area contributed by atoms with Crippen molar-refractivity contribution in [3.63, 3.8) is 0 Å².